The predicted molar refractivity (Wildman–Crippen MR) is 77.8 cm³/mol. The van der Waals surface area contributed by atoms with Gasteiger partial charge in [-0.1, -0.05) is 36.4 Å². The average Bonchev–Trinajstić information content (AvgIpc) is 2.28. The maximum absolute atomic E-state index is 11.5. The van der Waals surface area contributed by atoms with Crippen molar-refractivity contribution in [3.63, 3.8) is 0 Å². The van der Waals surface area contributed by atoms with Gasteiger partial charge in [0.25, 0.3) is 0 Å². The number of hydrogen-bond donors (Lipinski definition) is 2. The number of sulfonamides is 1. The van der Waals surface area contributed by atoms with E-state index < -0.39 is 10.0 Å². The number of thiol groups is 1. The van der Waals surface area contributed by atoms with E-state index in [-0.39, 0.29) is 17.3 Å². The Hall–Kier alpha value is -1.01. The summed E-state index contributed by atoms with van der Waals surface area (Å²) in [5.41, 5.74) is 1.32. The van der Waals surface area contributed by atoms with Crippen LogP contribution in [0.1, 0.15) is 0 Å². The van der Waals surface area contributed by atoms with Crippen LogP contribution in [-0.2, 0) is 10.0 Å². The Bertz CT molecular complexity index is 642. The van der Waals surface area contributed by atoms with Crippen LogP contribution in [-0.4, -0.2) is 8.42 Å². The predicted octanol–water partition coefficient (Wildman–Crippen LogP) is 2.71. The molecule has 0 radical (unpaired) electrons. The molecule has 0 saturated heterocycles. The Morgan fingerprint density at radius 2 is 1.56 bits per heavy atom. The summed E-state index contributed by atoms with van der Waals surface area (Å²) in [6.45, 7) is 0. The Morgan fingerprint density at radius 1 is 0.944 bits per heavy atom. The fourth-order valence-corrected chi connectivity index (χ4v) is 2.84. The summed E-state index contributed by atoms with van der Waals surface area (Å²) in [7, 11) is -3.75. The first-order chi connectivity index (χ1) is 8.00. The van der Waals surface area contributed by atoms with Crippen LogP contribution in [0, 0.1) is 0 Å². The summed E-state index contributed by atoms with van der Waals surface area (Å²) in [6, 6.07) is 14.0. The lowest BCUT2D eigenvalue weighted by Crippen LogP contribution is -2.13. The molecule has 0 fully saturated rings. The first-order valence-corrected chi connectivity index (χ1v) is 6.90. The first kappa shape index (κ1) is 15.0. The second-order valence-electron chi connectivity index (χ2n) is 3.56. The van der Waals surface area contributed by atoms with Gasteiger partial charge in [0.05, 0.1) is 4.90 Å². The fourth-order valence-electron chi connectivity index (χ4n) is 1.65. The van der Waals surface area contributed by atoms with Crippen LogP contribution in [0.5, 0.6) is 0 Å². The summed E-state index contributed by atoms with van der Waals surface area (Å²) in [6.07, 6.45) is 0. The minimum absolute atomic E-state index is 0. The van der Waals surface area contributed by atoms with Crippen molar-refractivity contribution in [2.75, 3.05) is 0 Å². The van der Waals surface area contributed by atoms with Gasteiger partial charge in [-0.15, -0.1) is 25.0 Å². The third-order valence-electron chi connectivity index (χ3n) is 2.37. The van der Waals surface area contributed by atoms with E-state index in [1.165, 1.54) is 6.07 Å². The molecular weight excluding hydrogens is 290 g/mol. The van der Waals surface area contributed by atoms with Crippen LogP contribution < -0.4 is 5.14 Å². The van der Waals surface area contributed by atoms with Gasteiger partial charge in [0.1, 0.15) is 0 Å². The van der Waals surface area contributed by atoms with Gasteiger partial charge >= 0.3 is 0 Å². The fraction of sp³-hybridized carbons (Fsp3) is 0. The molecule has 0 aliphatic heterocycles. The number of halogens is 1. The molecule has 96 valence electrons. The van der Waals surface area contributed by atoms with E-state index in [0.717, 1.165) is 5.56 Å². The van der Waals surface area contributed by atoms with Crippen LogP contribution in [0.3, 0.4) is 0 Å². The minimum Gasteiger partial charge on any atom is -0.225 e. The lowest BCUT2D eigenvalue weighted by atomic mass is 10.1. The van der Waals surface area contributed by atoms with Crippen molar-refractivity contribution in [3.8, 4) is 11.1 Å². The van der Waals surface area contributed by atoms with Gasteiger partial charge in [-0.2, -0.15) is 0 Å². The largest absolute Gasteiger partial charge is 0.238 e. The molecule has 0 aliphatic rings. The minimum atomic E-state index is -3.75. The van der Waals surface area contributed by atoms with Crippen LogP contribution in [0.15, 0.2) is 58.3 Å². The van der Waals surface area contributed by atoms with Gasteiger partial charge in [-0.3, -0.25) is 0 Å². The Kier molecular flexibility index (Phi) is 4.81. The van der Waals surface area contributed by atoms with Crippen molar-refractivity contribution >= 4 is 35.1 Å². The molecule has 0 amide bonds. The van der Waals surface area contributed by atoms with Crippen LogP contribution in [0.2, 0.25) is 0 Å². The number of hydrogen-bond acceptors (Lipinski definition) is 3. The molecule has 0 spiro atoms. The SMILES string of the molecule is Cl.NS(=O)(=O)c1cccc(S)c1-c1ccccc1. The zero-order chi connectivity index (χ0) is 12.5. The molecule has 0 aromatic heterocycles. The molecule has 2 rings (SSSR count). The summed E-state index contributed by atoms with van der Waals surface area (Å²) in [5.74, 6) is 0. The number of primary sulfonamides is 1. The van der Waals surface area contributed by atoms with E-state index in [0.29, 0.717) is 10.5 Å². The van der Waals surface area contributed by atoms with Crippen LogP contribution in [0.4, 0.5) is 0 Å². The molecule has 2 N–H and O–H groups in total. The first-order valence-electron chi connectivity index (χ1n) is 4.90. The van der Waals surface area contributed by atoms with Crippen LogP contribution in [0.25, 0.3) is 11.1 Å². The Labute approximate surface area is 118 Å². The van der Waals surface area contributed by atoms with Gasteiger partial charge in [0, 0.05) is 10.5 Å². The van der Waals surface area contributed by atoms with Crippen molar-refractivity contribution in [2.45, 2.75) is 9.79 Å². The molecule has 0 aliphatic carbocycles. The maximum Gasteiger partial charge on any atom is 0.238 e. The topological polar surface area (TPSA) is 60.2 Å². The molecule has 0 saturated carbocycles. The Morgan fingerprint density at radius 3 is 2.11 bits per heavy atom. The van der Waals surface area contributed by atoms with E-state index >= 15 is 0 Å². The molecule has 0 unspecified atom stereocenters. The third kappa shape index (κ3) is 3.05. The third-order valence-corrected chi connectivity index (χ3v) is 3.70. The van der Waals surface area contributed by atoms with Crippen molar-refractivity contribution in [3.05, 3.63) is 48.5 Å². The zero-order valence-electron chi connectivity index (χ0n) is 9.28. The van der Waals surface area contributed by atoms with Crippen molar-refractivity contribution in [2.24, 2.45) is 5.14 Å². The summed E-state index contributed by atoms with van der Waals surface area (Å²) in [4.78, 5) is 0.680. The molecule has 0 bridgehead atoms. The van der Waals surface area contributed by atoms with Crippen LogP contribution >= 0.6 is 25.0 Å². The zero-order valence-corrected chi connectivity index (χ0v) is 11.8. The number of benzene rings is 2. The monoisotopic (exact) mass is 301 g/mol. The molecule has 2 aromatic carbocycles. The molecule has 6 heteroatoms. The van der Waals surface area contributed by atoms with E-state index in [2.05, 4.69) is 12.6 Å². The van der Waals surface area contributed by atoms with Crippen molar-refractivity contribution in [1.82, 2.24) is 0 Å². The number of nitrogens with two attached hydrogens (primary N) is 1. The summed E-state index contributed by atoms with van der Waals surface area (Å²) < 4.78 is 23.0. The van der Waals surface area contributed by atoms with Crippen molar-refractivity contribution in [1.29, 1.82) is 0 Å². The van der Waals surface area contributed by atoms with Gasteiger partial charge < -0.3 is 0 Å². The normalized spacial score (nSPS) is 10.8. The van der Waals surface area contributed by atoms with Crippen molar-refractivity contribution < 1.29 is 8.42 Å². The standard InChI is InChI=1S/C12H11NO2S2.ClH/c13-17(14,15)11-8-4-7-10(16)12(11)9-5-2-1-3-6-9;/h1-8,16H,(H2,13,14,15);1H. The van der Waals surface area contributed by atoms with Gasteiger partial charge in [0.15, 0.2) is 0 Å². The van der Waals surface area contributed by atoms with E-state index in [4.69, 9.17) is 5.14 Å². The highest BCUT2D eigenvalue weighted by Gasteiger charge is 2.16. The molecule has 0 heterocycles. The van der Waals surface area contributed by atoms with E-state index in [1.807, 2.05) is 30.3 Å². The smallest absolute Gasteiger partial charge is 0.225 e. The molecule has 2 aromatic rings. The Balaban J connectivity index is 0.00000162. The molecule has 3 nitrogen and oxygen atoms in total. The highest BCUT2D eigenvalue weighted by Crippen LogP contribution is 2.32. The lowest BCUT2D eigenvalue weighted by Gasteiger charge is -2.10. The molecular formula is C12H12ClNO2S2. The summed E-state index contributed by atoms with van der Waals surface area (Å²) in [5, 5.41) is 5.20. The maximum atomic E-state index is 11.5. The lowest BCUT2D eigenvalue weighted by molar-refractivity contribution is 0.598. The van der Waals surface area contributed by atoms with Gasteiger partial charge in [0.2, 0.25) is 10.0 Å². The van der Waals surface area contributed by atoms with E-state index in [1.54, 1.807) is 12.1 Å². The highest BCUT2D eigenvalue weighted by atomic mass is 35.5. The second kappa shape index (κ2) is 5.75. The molecule has 0 atom stereocenters. The average molecular weight is 302 g/mol. The molecule has 18 heavy (non-hydrogen) atoms. The van der Waals surface area contributed by atoms with Gasteiger partial charge in [-0.25, -0.2) is 13.6 Å². The van der Waals surface area contributed by atoms with E-state index in [9.17, 15) is 8.42 Å². The number of rotatable bonds is 2. The van der Waals surface area contributed by atoms with Gasteiger partial charge in [-0.05, 0) is 17.7 Å². The quantitative estimate of drug-likeness (QED) is 0.838. The highest BCUT2D eigenvalue weighted by molar-refractivity contribution is 7.89. The summed E-state index contributed by atoms with van der Waals surface area (Å²) >= 11 is 4.29. The second-order valence-corrected chi connectivity index (χ2v) is 5.57.